The molecule has 0 radical (unpaired) electrons. The van der Waals surface area contributed by atoms with Gasteiger partial charge in [0.05, 0.1) is 35.4 Å². The maximum atomic E-state index is 14.5. The zero-order chi connectivity index (χ0) is 27.1. The predicted molar refractivity (Wildman–Crippen MR) is 142 cm³/mol. The van der Waals surface area contributed by atoms with Crippen molar-refractivity contribution in [3.05, 3.63) is 77.9 Å². The number of hydrogen-bond acceptors (Lipinski definition) is 7. The van der Waals surface area contributed by atoms with Crippen LogP contribution in [0.2, 0.25) is 0 Å². The van der Waals surface area contributed by atoms with E-state index < -0.39 is 20.0 Å². The highest BCUT2D eigenvalue weighted by molar-refractivity contribution is 7.93. The minimum absolute atomic E-state index is 0.134. The van der Waals surface area contributed by atoms with E-state index in [2.05, 4.69) is 0 Å². The molecule has 0 unspecified atom stereocenters. The van der Waals surface area contributed by atoms with Crippen molar-refractivity contribution < 1.29 is 31.4 Å². The molecule has 0 aromatic heterocycles. The van der Waals surface area contributed by atoms with Crippen LogP contribution in [0, 0.1) is 13.8 Å². The molecule has 0 aliphatic rings. The number of nitrogens with two attached hydrogens (primary N) is 1. The maximum Gasteiger partial charge on any atom is 0.269 e. The minimum atomic E-state index is -4.50. The van der Waals surface area contributed by atoms with E-state index in [1.165, 1.54) is 38.5 Å². The van der Waals surface area contributed by atoms with Gasteiger partial charge in [0.25, 0.3) is 10.0 Å². The number of methoxy groups -OCH3 is 2. The molecule has 0 spiro atoms. The molecule has 0 atom stereocenters. The SMILES string of the molecule is COc1ccc(N(c2ccc(OC)cc2C)S(=O)(=O)c2cc(S(N)(=O)=O)cc3ccc(O)cc23)c(C)c1. The predicted octanol–water partition coefficient (Wildman–Crippen LogP) is 4.35. The number of fused-ring (bicyclic) bond motifs is 1. The molecule has 0 aliphatic carbocycles. The fraction of sp³-hybridized carbons (Fsp3) is 0.154. The molecule has 0 amide bonds. The van der Waals surface area contributed by atoms with Gasteiger partial charge < -0.3 is 14.6 Å². The summed E-state index contributed by atoms with van der Waals surface area (Å²) in [6.07, 6.45) is 0. The molecule has 0 heterocycles. The lowest BCUT2D eigenvalue weighted by molar-refractivity contribution is 0.414. The van der Waals surface area contributed by atoms with Crippen LogP contribution in [-0.4, -0.2) is 36.2 Å². The van der Waals surface area contributed by atoms with Gasteiger partial charge in [-0.05, 0) is 91.0 Å². The van der Waals surface area contributed by atoms with E-state index in [0.29, 0.717) is 34.0 Å². The van der Waals surface area contributed by atoms with E-state index in [9.17, 15) is 21.9 Å². The number of hydrogen-bond donors (Lipinski definition) is 2. The van der Waals surface area contributed by atoms with E-state index in [1.54, 1.807) is 50.2 Å². The minimum Gasteiger partial charge on any atom is -0.508 e. The second-order valence-corrected chi connectivity index (χ2v) is 11.8. The third-order valence-corrected chi connectivity index (χ3v) is 8.63. The molecule has 9 nitrogen and oxygen atoms in total. The monoisotopic (exact) mass is 542 g/mol. The van der Waals surface area contributed by atoms with Crippen molar-refractivity contribution in [3.63, 3.8) is 0 Å². The van der Waals surface area contributed by atoms with Gasteiger partial charge in [-0.25, -0.2) is 26.3 Å². The summed E-state index contributed by atoms with van der Waals surface area (Å²) in [6.45, 7) is 3.48. The summed E-state index contributed by atoms with van der Waals surface area (Å²) in [5.74, 6) is 0.897. The fourth-order valence-corrected chi connectivity index (χ4v) is 6.62. The smallest absolute Gasteiger partial charge is 0.269 e. The van der Waals surface area contributed by atoms with Crippen molar-refractivity contribution in [2.24, 2.45) is 5.14 Å². The van der Waals surface area contributed by atoms with Crippen LogP contribution >= 0.6 is 0 Å². The number of primary sulfonamides is 1. The standard InChI is InChI=1S/C26H26N2O7S2/c1-16-11-20(34-3)7-9-24(16)28(25-10-8-21(35-4)12-17(25)2)37(32,33)26-15-22(36(27,30)31)13-18-5-6-19(29)14-23(18)26/h5-15,29H,1-4H3,(H2,27,30,31). The first-order valence-corrected chi connectivity index (χ1v) is 14.0. The molecule has 37 heavy (non-hydrogen) atoms. The van der Waals surface area contributed by atoms with Gasteiger partial charge >= 0.3 is 0 Å². The average molecular weight is 543 g/mol. The summed E-state index contributed by atoms with van der Waals surface area (Å²) in [5, 5.41) is 15.9. The molecule has 0 aliphatic heterocycles. The molecule has 0 saturated heterocycles. The largest absolute Gasteiger partial charge is 0.508 e. The summed E-state index contributed by atoms with van der Waals surface area (Å²) >= 11 is 0. The van der Waals surface area contributed by atoms with E-state index >= 15 is 0 Å². The van der Waals surface area contributed by atoms with Crippen molar-refractivity contribution >= 4 is 42.2 Å². The Bertz CT molecular complexity index is 1680. The molecule has 4 aromatic carbocycles. The molecule has 194 valence electrons. The van der Waals surface area contributed by atoms with E-state index in [-0.39, 0.29) is 26.3 Å². The van der Waals surface area contributed by atoms with Gasteiger partial charge in [-0.15, -0.1) is 0 Å². The summed E-state index contributed by atoms with van der Waals surface area (Å²) in [6, 6.07) is 16.2. The fourth-order valence-electron chi connectivity index (χ4n) is 4.12. The number of sulfonamides is 2. The van der Waals surface area contributed by atoms with Crippen LogP contribution in [0.25, 0.3) is 10.8 Å². The summed E-state index contributed by atoms with van der Waals surface area (Å²) in [4.78, 5) is -0.711. The van der Waals surface area contributed by atoms with Gasteiger partial charge in [0.15, 0.2) is 0 Å². The molecule has 3 N–H and O–H groups in total. The lowest BCUT2D eigenvalue weighted by Gasteiger charge is -2.28. The lowest BCUT2D eigenvalue weighted by atomic mass is 10.1. The number of nitrogens with zero attached hydrogens (tertiary/aromatic N) is 1. The zero-order valence-corrected chi connectivity index (χ0v) is 22.2. The number of aryl methyl sites for hydroxylation is 2. The first kappa shape index (κ1) is 26.3. The highest BCUT2D eigenvalue weighted by atomic mass is 32.2. The second-order valence-electron chi connectivity index (χ2n) is 8.45. The van der Waals surface area contributed by atoms with Crippen LogP contribution in [0.15, 0.2) is 76.5 Å². The number of aromatic hydroxyl groups is 1. The van der Waals surface area contributed by atoms with E-state index in [4.69, 9.17) is 14.6 Å². The van der Waals surface area contributed by atoms with Crippen molar-refractivity contribution in [3.8, 4) is 17.2 Å². The Morgan fingerprint density at radius 1 is 0.757 bits per heavy atom. The van der Waals surface area contributed by atoms with Crippen molar-refractivity contribution in [2.45, 2.75) is 23.6 Å². The van der Waals surface area contributed by atoms with Gasteiger partial charge in [-0.2, -0.15) is 0 Å². The number of rotatable bonds is 7. The lowest BCUT2D eigenvalue weighted by Crippen LogP contribution is -2.28. The number of phenols is 1. The van der Waals surface area contributed by atoms with Crippen LogP contribution in [0.4, 0.5) is 11.4 Å². The maximum absolute atomic E-state index is 14.5. The van der Waals surface area contributed by atoms with E-state index in [1.807, 2.05) is 0 Å². The Morgan fingerprint density at radius 3 is 1.76 bits per heavy atom. The van der Waals surface area contributed by atoms with Crippen LogP contribution in [0.1, 0.15) is 11.1 Å². The topological polar surface area (TPSA) is 136 Å². The number of benzene rings is 4. The van der Waals surface area contributed by atoms with Crippen molar-refractivity contribution in [1.29, 1.82) is 0 Å². The molecule has 4 rings (SSSR count). The number of ether oxygens (including phenoxy) is 2. The molecule has 0 saturated carbocycles. The molecule has 4 aromatic rings. The highest BCUT2D eigenvalue weighted by Gasteiger charge is 2.32. The molecular formula is C26H26N2O7S2. The van der Waals surface area contributed by atoms with E-state index in [0.717, 1.165) is 10.4 Å². The van der Waals surface area contributed by atoms with Gasteiger partial charge in [-0.1, -0.05) is 6.07 Å². The normalized spacial score (nSPS) is 11.9. The molecule has 11 heteroatoms. The van der Waals surface area contributed by atoms with Gasteiger partial charge in [0.2, 0.25) is 10.0 Å². The molecule has 0 fully saturated rings. The quantitative estimate of drug-likeness (QED) is 0.354. The zero-order valence-electron chi connectivity index (χ0n) is 20.6. The first-order valence-electron chi connectivity index (χ1n) is 11.0. The Labute approximate surface area is 215 Å². The van der Waals surface area contributed by atoms with Crippen LogP contribution in [0.3, 0.4) is 0 Å². The van der Waals surface area contributed by atoms with Gasteiger partial charge in [-0.3, -0.25) is 0 Å². The van der Waals surface area contributed by atoms with Gasteiger partial charge in [0.1, 0.15) is 17.2 Å². The third-order valence-electron chi connectivity index (χ3n) is 5.97. The van der Waals surface area contributed by atoms with Crippen molar-refractivity contribution in [1.82, 2.24) is 0 Å². The summed E-state index contributed by atoms with van der Waals surface area (Å²) < 4.78 is 65.3. The number of anilines is 2. The Balaban J connectivity index is 2.11. The van der Waals surface area contributed by atoms with Crippen LogP contribution in [0.5, 0.6) is 17.2 Å². The van der Waals surface area contributed by atoms with Gasteiger partial charge in [0, 0.05) is 5.39 Å². The Hall–Kier alpha value is -3.80. The average Bonchev–Trinajstić information content (AvgIpc) is 2.84. The third kappa shape index (κ3) is 4.93. The van der Waals surface area contributed by atoms with Crippen LogP contribution in [-0.2, 0) is 20.0 Å². The summed E-state index contributed by atoms with van der Waals surface area (Å²) in [5.41, 5.74) is 1.83. The first-order chi connectivity index (χ1) is 17.4. The molecular weight excluding hydrogens is 516 g/mol. The highest BCUT2D eigenvalue weighted by Crippen LogP contribution is 2.41. The van der Waals surface area contributed by atoms with Crippen molar-refractivity contribution in [2.75, 3.05) is 18.5 Å². The summed E-state index contributed by atoms with van der Waals surface area (Å²) in [7, 11) is -5.74. The Kier molecular flexibility index (Phi) is 6.80. The van der Waals surface area contributed by atoms with Crippen LogP contribution < -0.4 is 18.9 Å². The second kappa shape index (κ2) is 9.58. The molecule has 0 bridgehead atoms. The number of phenolic OH excluding ortho intramolecular Hbond substituents is 1. The Morgan fingerprint density at radius 2 is 1.30 bits per heavy atom.